The Labute approximate surface area is 89.3 Å². The van der Waals surface area contributed by atoms with Gasteiger partial charge in [-0.1, -0.05) is 0 Å². The fraction of sp³-hybridized carbons (Fsp3) is 0.857. The van der Waals surface area contributed by atoms with Gasteiger partial charge in [-0.25, -0.2) is 8.42 Å². The van der Waals surface area contributed by atoms with E-state index in [1.54, 1.807) is 0 Å². The molecule has 0 bridgehead atoms. The number of ether oxygens (including phenoxy) is 1. The maximum Gasteiger partial charge on any atom is 0.328 e. The van der Waals surface area contributed by atoms with Crippen molar-refractivity contribution in [3.63, 3.8) is 0 Å². The van der Waals surface area contributed by atoms with Crippen LogP contribution in [0.2, 0.25) is 0 Å². The molecule has 14 heavy (non-hydrogen) atoms. The second kappa shape index (κ2) is 4.46. The van der Waals surface area contributed by atoms with Crippen LogP contribution in [0, 0.1) is 0 Å². The molecule has 1 aliphatic rings. The summed E-state index contributed by atoms with van der Waals surface area (Å²) in [4.78, 5) is 11.3. The Balaban J connectivity index is 0.00000169. The number of hydrogen-bond acceptors (Lipinski definition) is 5. The number of esters is 1. The van der Waals surface area contributed by atoms with Gasteiger partial charge in [0.25, 0.3) is 0 Å². The van der Waals surface area contributed by atoms with E-state index >= 15 is 0 Å². The van der Waals surface area contributed by atoms with Crippen LogP contribution in [0.5, 0.6) is 0 Å². The predicted molar refractivity (Wildman–Crippen MR) is 54.1 cm³/mol. The summed E-state index contributed by atoms with van der Waals surface area (Å²) < 4.78 is 26.1. The Bertz CT molecular complexity index is 316. The smallest absolute Gasteiger partial charge is 0.328 e. The normalized spacial score (nSPS) is 29.3. The number of carbonyl (C=O) groups is 1. The summed E-state index contributed by atoms with van der Waals surface area (Å²) in [6.45, 7) is -0.192. The van der Waals surface area contributed by atoms with E-state index in [9.17, 15) is 13.2 Å². The lowest BCUT2D eigenvalue weighted by atomic mass is 10.0. The van der Waals surface area contributed by atoms with Crippen LogP contribution in [0.1, 0.15) is 12.8 Å². The molecule has 0 aromatic carbocycles. The van der Waals surface area contributed by atoms with Gasteiger partial charge in [-0.05, 0) is 12.8 Å². The van der Waals surface area contributed by atoms with Crippen LogP contribution in [-0.2, 0) is 19.4 Å². The quantitative estimate of drug-likeness (QED) is 0.660. The molecule has 0 spiro atoms. The molecular formula is C7H14ClNO4S. The average molecular weight is 244 g/mol. The molecule has 1 heterocycles. The molecule has 1 aliphatic heterocycles. The summed E-state index contributed by atoms with van der Waals surface area (Å²) in [5, 5.41) is 0. The second-order valence-electron chi connectivity index (χ2n) is 3.11. The summed E-state index contributed by atoms with van der Waals surface area (Å²) in [7, 11) is -2.24. The van der Waals surface area contributed by atoms with Gasteiger partial charge in [0.05, 0.1) is 12.9 Å². The molecule has 7 heteroatoms. The lowest BCUT2D eigenvalue weighted by molar-refractivity contribution is -0.143. The van der Waals surface area contributed by atoms with E-state index in [1.165, 1.54) is 7.11 Å². The molecule has 0 saturated carbocycles. The van der Waals surface area contributed by atoms with E-state index in [4.69, 9.17) is 5.73 Å². The van der Waals surface area contributed by atoms with Crippen molar-refractivity contribution in [2.75, 3.05) is 19.4 Å². The van der Waals surface area contributed by atoms with Crippen molar-refractivity contribution >= 4 is 28.2 Å². The van der Waals surface area contributed by atoms with Gasteiger partial charge in [0.15, 0.2) is 14.6 Å². The lowest BCUT2D eigenvalue weighted by Crippen LogP contribution is -2.50. The number of halogens is 1. The van der Waals surface area contributed by atoms with Crippen molar-refractivity contribution in [3.05, 3.63) is 0 Å². The maximum absolute atomic E-state index is 11.5. The number of hydrogen-bond donors (Lipinski definition) is 1. The third kappa shape index (κ3) is 1.74. The second-order valence-corrected chi connectivity index (χ2v) is 5.53. The first-order valence-electron chi connectivity index (χ1n) is 4.01. The Morgan fingerprint density at radius 2 is 2.14 bits per heavy atom. The molecule has 5 nitrogen and oxygen atoms in total. The van der Waals surface area contributed by atoms with Crippen molar-refractivity contribution in [2.45, 2.75) is 17.6 Å². The highest BCUT2D eigenvalue weighted by atomic mass is 35.5. The van der Waals surface area contributed by atoms with Crippen LogP contribution in [0.4, 0.5) is 0 Å². The van der Waals surface area contributed by atoms with Crippen molar-refractivity contribution in [2.24, 2.45) is 5.73 Å². The highest BCUT2D eigenvalue weighted by Crippen LogP contribution is 2.32. The van der Waals surface area contributed by atoms with E-state index in [2.05, 4.69) is 4.74 Å². The van der Waals surface area contributed by atoms with Crippen LogP contribution >= 0.6 is 12.4 Å². The fourth-order valence-electron chi connectivity index (χ4n) is 1.63. The maximum atomic E-state index is 11.5. The SMILES string of the molecule is COC(=O)C1(CN)CCCS1(=O)=O.Cl. The Hall–Kier alpha value is -0.330. The van der Waals surface area contributed by atoms with E-state index in [0.717, 1.165) is 0 Å². The molecule has 0 aromatic rings. The molecule has 1 atom stereocenters. The molecule has 1 unspecified atom stereocenters. The van der Waals surface area contributed by atoms with Crippen molar-refractivity contribution in [1.29, 1.82) is 0 Å². The highest BCUT2D eigenvalue weighted by molar-refractivity contribution is 7.93. The molecule has 0 radical (unpaired) electrons. The number of nitrogens with two attached hydrogens (primary N) is 1. The summed E-state index contributed by atoms with van der Waals surface area (Å²) >= 11 is 0. The minimum atomic E-state index is -3.41. The summed E-state index contributed by atoms with van der Waals surface area (Å²) in [5.41, 5.74) is 5.34. The molecule has 84 valence electrons. The van der Waals surface area contributed by atoms with Crippen LogP contribution in [0.3, 0.4) is 0 Å². The third-order valence-corrected chi connectivity index (χ3v) is 5.03. The molecule has 1 rings (SSSR count). The van der Waals surface area contributed by atoms with Gasteiger partial charge in [-0.15, -0.1) is 12.4 Å². The first-order chi connectivity index (χ1) is 6.00. The fourth-order valence-corrected chi connectivity index (χ4v) is 3.59. The Morgan fingerprint density at radius 1 is 1.57 bits per heavy atom. The standard InChI is InChI=1S/C7H13NO4S.ClH/c1-12-6(9)7(5-8)3-2-4-13(7,10)11;/h2-5,8H2,1H3;1H. The van der Waals surface area contributed by atoms with Gasteiger partial charge in [0, 0.05) is 6.54 Å². The molecule has 1 fully saturated rings. The molecule has 2 N–H and O–H groups in total. The molecule has 0 aliphatic carbocycles. The van der Waals surface area contributed by atoms with Gasteiger partial charge in [-0.3, -0.25) is 4.79 Å². The van der Waals surface area contributed by atoms with Gasteiger partial charge >= 0.3 is 5.97 Å². The lowest BCUT2D eigenvalue weighted by Gasteiger charge is -2.22. The zero-order chi connectivity index (χ0) is 10.1. The number of sulfone groups is 1. The topological polar surface area (TPSA) is 86.5 Å². The molecule has 0 amide bonds. The number of methoxy groups -OCH3 is 1. The van der Waals surface area contributed by atoms with Gasteiger partial charge in [0.1, 0.15) is 0 Å². The van der Waals surface area contributed by atoms with E-state index in [1.807, 2.05) is 0 Å². The van der Waals surface area contributed by atoms with Crippen molar-refractivity contribution in [1.82, 2.24) is 0 Å². The monoisotopic (exact) mass is 243 g/mol. The zero-order valence-corrected chi connectivity index (χ0v) is 9.49. The first-order valence-corrected chi connectivity index (χ1v) is 5.66. The first kappa shape index (κ1) is 13.7. The summed E-state index contributed by atoms with van der Waals surface area (Å²) in [6.07, 6.45) is 0.757. The zero-order valence-electron chi connectivity index (χ0n) is 7.86. The van der Waals surface area contributed by atoms with Crippen LogP contribution < -0.4 is 5.73 Å². The largest absolute Gasteiger partial charge is 0.468 e. The minimum Gasteiger partial charge on any atom is -0.468 e. The molecular weight excluding hydrogens is 230 g/mol. The summed E-state index contributed by atoms with van der Waals surface area (Å²) in [5.74, 6) is -0.702. The van der Waals surface area contributed by atoms with Crippen molar-refractivity contribution in [3.8, 4) is 0 Å². The van der Waals surface area contributed by atoms with E-state index in [-0.39, 0.29) is 31.1 Å². The van der Waals surface area contributed by atoms with Crippen LogP contribution in [0.15, 0.2) is 0 Å². The Kier molecular flexibility index (Phi) is 4.35. The summed E-state index contributed by atoms with van der Waals surface area (Å²) in [6, 6.07) is 0. The highest BCUT2D eigenvalue weighted by Gasteiger charge is 2.53. The van der Waals surface area contributed by atoms with E-state index in [0.29, 0.717) is 6.42 Å². The average Bonchev–Trinajstić information content (AvgIpc) is 2.40. The predicted octanol–water partition coefficient (Wildman–Crippen LogP) is -0.513. The third-order valence-electron chi connectivity index (χ3n) is 2.48. The van der Waals surface area contributed by atoms with E-state index < -0.39 is 20.6 Å². The van der Waals surface area contributed by atoms with Gasteiger partial charge < -0.3 is 10.5 Å². The number of rotatable bonds is 2. The minimum absolute atomic E-state index is 0. The molecule has 1 saturated heterocycles. The molecule has 0 aromatic heterocycles. The van der Waals surface area contributed by atoms with Crippen molar-refractivity contribution < 1.29 is 17.9 Å². The number of carbonyl (C=O) groups excluding carboxylic acids is 1. The Morgan fingerprint density at radius 3 is 2.43 bits per heavy atom. The van der Waals surface area contributed by atoms with Gasteiger partial charge in [0.2, 0.25) is 0 Å². The van der Waals surface area contributed by atoms with Crippen LogP contribution in [0.25, 0.3) is 0 Å². The van der Waals surface area contributed by atoms with Crippen LogP contribution in [-0.4, -0.2) is 38.5 Å². The van der Waals surface area contributed by atoms with Gasteiger partial charge in [-0.2, -0.15) is 0 Å².